The quantitative estimate of drug-likeness (QED) is 0.0376. The fraction of sp³-hybridized carbons (Fsp3) is 1.00. The zero-order valence-electron chi connectivity index (χ0n) is 48.9. The molecule has 1 fully saturated rings. The molecular formula is C61H123O9P. The molecule has 16 atom stereocenters. The van der Waals surface area contributed by atoms with Crippen LogP contribution >= 0.6 is 7.82 Å². The van der Waals surface area contributed by atoms with Crippen molar-refractivity contribution in [2.45, 2.75) is 313 Å². The van der Waals surface area contributed by atoms with Gasteiger partial charge in [-0.3, -0.25) is 9.05 Å². The number of aliphatic hydroxyl groups excluding tert-OH is 4. The molecule has 0 radical (unpaired) electrons. The van der Waals surface area contributed by atoms with Crippen molar-refractivity contribution in [1.82, 2.24) is 0 Å². The standard InChI is InChI=1S/C61H123O9P/c1-46(2)23-13-24-47(3)25-14-26-48(4)27-15-28-49(5)29-16-30-50(6)31-17-32-51(7)33-18-34-52(8)35-19-36-53(9)37-20-38-54(10)39-21-40-55(11)41-22-42-56(12)43-44-68-71(66,67)70-61-60(65)59(64)58(63)57(45-62)69-61/h46-65H,13-45H2,1-12H3,(H,66,67)/t47-,48+,49+,50-,51+,52-,53-,54-,55+,56+,57+,58+,59-,60-,61-/m0/s1. The van der Waals surface area contributed by atoms with E-state index >= 15 is 0 Å². The first-order valence-electron chi connectivity index (χ1n) is 30.6. The Hall–Kier alpha value is -0.0900. The molecule has 1 rings (SSSR count). The van der Waals surface area contributed by atoms with Crippen LogP contribution in [0.5, 0.6) is 0 Å². The smallest absolute Gasteiger partial charge is 0.394 e. The maximum atomic E-state index is 12.4. The monoisotopic (exact) mass is 1030 g/mol. The Balaban J connectivity index is 2.01. The van der Waals surface area contributed by atoms with E-state index in [0.717, 1.165) is 66.1 Å². The van der Waals surface area contributed by atoms with E-state index in [1.165, 1.54) is 180 Å². The Kier molecular flexibility index (Phi) is 39.9. The van der Waals surface area contributed by atoms with Crippen molar-refractivity contribution in [3.8, 4) is 0 Å². The normalized spacial score (nSPS) is 23.9. The Bertz CT molecular complexity index is 1270. The molecule has 1 aliphatic rings. The van der Waals surface area contributed by atoms with E-state index in [1.54, 1.807) is 0 Å². The van der Waals surface area contributed by atoms with Gasteiger partial charge in [-0.05, 0) is 71.5 Å². The predicted molar refractivity (Wildman–Crippen MR) is 300 cm³/mol. The molecule has 0 aliphatic carbocycles. The summed E-state index contributed by atoms with van der Waals surface area (Å²) in [5, 5.41) is 39.2. The molecule has 426 valence electrons. The van der Waals surface area contributed by atoms with Crippen molar-refractivity contribution >= 4 is 7.82 Å². The van der Waals surface area contributed by atoms with Crippen LogP contribution in [-0.2, 0) is 18.3 Å². The molecule has 9 nitrogen and oxygen atoms in total. The van der Waals surface area contributed by atoms with E-state index in [4.69, 9.17) is 13.8 Å². The lowest BCUT2D eigenvalue weighted by Crippen LogP contribution is -2.58. The van der Waals surface area contributed by atoms with E-state index in [2.05, 4.69) is 83.1 Å². The molecule has 10 heteroatoms. The van der Waals surface area contributed by atoms with Gasteiger partial charge in [0.2, 0.25) is 0 Å². The lowest BCUT2D eigenvalue weighted by molar-refractivity contribution is -0.281. The predicted octanol–water partition coefficient (Wildman–Crippen LogP) is 17.0. The van der Waals surface area contributed by atoms with Gasteiger partial charge in [0.25, 0.3) is 0 Å². The van der Waals surface area contributed by atoms with Gasteiger partial charge in [0.1, 0.15) is 24.4 Å². The molecule has 0 saturated carbocycles. The number of hydrogen-bond acceptors (Lipinski definition) is 8. The van der Waals surface area contributed by atoms with Crippen LogP contribution in [0.15, 0.2) is 0 Å². The van der Waals surface area contributed by atoms with Gasteiger partial charge >= 0.3 is 7.82 Å². The zero-order valence-corrected chi connectivity index (χ0v) is 49.8. The summed E-state index contributed by atoms with van der Waals surface area (Å²) in [4.78, 5) is 10.1. The fourth-order valence-corrected chi connectivity index (χ4v) is 12.2. The van der Waals surface area contributed by atoms with E-state index in [9.17, 15) is 29.9 Å². The van der Waals surface area contributed by atoms with Gasteiger partial charge in [-0.25, -0.2) is 4.57 Å². The number of hydrogen-bond donors (Lipinski definition) is 5. The Morgan fingerprint density at radius 3 is 0.859 bits per heavy atom. The SMILES string of the molecule is CC(C)CCC[C@H](C)CCC[C@@H](C)CCC[C@@H](C)CCC[C@H](C)CCC[C@@H](C)CCC[C@H](C)CCC[C@H](C)CCC[C@H](C)CCC[C@@H](C)CCC[C@@H](C)CCOP(=O)(O)O[C@@H]1O[C@H](CO)[C@@H](O)[C@H](O)[C@@H]1O. The van der Waals surface area contributed by atoms with Crippen LogP contribution in [-0.4, -0.2) is 69.2 Å². The molecule has 0 aromatic heterocycles. The highest BCUT2D eigenvalue weighted by Crippen LogP contribution is 2.47. The van der Waals surface area contributed by atoms with Gasteiger partial charge in [0, 0.05) is 0 Å². The Labute approximate surface area is 440 Å². The van der Waals surface area contributed by atoms with Gasteiger partial charge in [0.05, 0.1) is 13.2 Å². The van der Waals surface area contributed by atoms with Gasteiger partial charge in [-0.2, -0.15) is 0 Å². The summed E-state index contributed by atoms with van der Waals surface area (Å²) in [6.07, 6.45) is 33.6. The first-order chi connectivity index (χ1) is 33.6. The molecule has 0 aromatic carbocycles. The molecule has 1 saturated heterocycles. The number of phosphoric ester groups is 1. The zero-order chi connectivity index (χ0) is 53.2. The lowest BCUT2D eigenvalue weighted by atomic mass is 9.88. The summed E-state index contributed by atoms with van der Waals surface area (Å²) in [7, 11) is -4.60. The van der Waals surface area contributed by atoms with Crippen molar-refractivity contribution in [3.05, 3.63) is 0 Å². The lowest BCUT2D eigenvalue weighted by Gasteiger charge is -2.39. The van der Waals surface area contributed by atoms with Crippen LogP contribution in [0, 0.1) is 65.1 Å². The van der Waals surface area contributed by atoms with Crippen LogP contribution in [0.2, 0.25) is 0 Å². The molecule has 0 spiro atoms. The van der Waals surface area contributed by atoms with Crippen LogP contribution in [0.25, 0.3) is 0 Å². The van der Waals surface area contributed by atoms with Crippen molar-refractivity contribution in [3.63, 3.8) is 0 Å². The largest absolute Gasteiger partial charge is 0.474 e. The van der Waals surface area contributed by atoms with Crippen LogP contribution in [0.3, 0.4) is 0 Å². The number of ether oxygens (including phenoxy) is 1. The van der Waals surface area contributed by atoms with Crippen molar-refractivity contribution in [2.24, 2.45) is 65.1 Å². The van der Waals surface area contributed by atoms with Gasteiger partial charge in [-0.15, -0.1) is 0 Å². The maximum absolute atomic E-state index is 12.4. The third-order valence-corrected chi connectivity index (χ3v) is 18.0. The van der Waals surface area contributed by atoms with E-state index in [0.29, 0.717) is 18.3 Å². The molecular weight excluding hydrogens is 908 g/mol. The third-order valence-electron chi connectivity index (χ3n) is 17.0. The molecule has 1 unspecified atom stereocenters. The van der Waals surface area contributed by atoms with Gasteiger partial charge < -0.3 is 30.1 Å². The van der Waals surface area contributed by atoms with Crippen molar-refractivity contribution < 1.29 is 43.7 Å². The van der Waals surface area contributed by atoms with E-state index < -0.39 is 45.1 Å². The molecule has 0 aromatic rings. The maximum Gasteiger partial charge on any atom is 0.474 e. The van der Waals surface area contributed by atoms with E-state index in [-0.39, 0.29) is 6.61 Å². The minimum Gasteiger partial charge on any atom is -0.394 e. The molecule has 5 N–H and O–H groups in total. The first-order valence-corrected chi connectivity index (χ1v) is 32.1. The fourth-order valence-electron chi connectivity index (χ4n) is 11.3. The average molecular weight is 1030 g/mol. The minimum atomic E-state index is -4.60. The van der Waals surface area contributed by atoms with Gasteiger partial charge in [-0.1, -0.05) is 276 Å². The van der Waals surface area contributed by atoms with Crippen molar-refractivity contribution in [2.75, 3.05) is 13.2 Å². The summed E-state index contributed by atoms with van der Waals surface area (Å²) < 4.78 is 27.6. The van der Waals surface area contributed by atoms with E-state index in [1.807, 2.05) is 0 Å². The molecule has 71 heavy (non-hydrogen) atoms. The number of rotatable bonds is 47. The van der Waals surface area contributed by atoms with Crippen LogP contribution < -0.4 is 0 Å². The average Bonchev–Trinajstić information content (AvgIpc) is 3.29. The second kappa shape index (κ2) is 41.1. The Morgan fingerprint density at radius 1 is 0.380 bits per heavy atom. The summed E-state index contributed by atoms with van der Waals surface area (Å²) >= 11 is 0. The second-order valence-corrected chi connectivity index (χ2v) is 27.1. The summed E-state index contributed by atoms with van der Waals surface area (Å²) in [6, 6.07) is 0. The first kappa shape index (κ1) is 68.9. The number of aliphatic hydroxyl groups is 4. The summed E-state index contributed by atoms with van der Waals surface area (Å²) in [5.74, 6) is 8.81. The minimum absolute atomic E-state index is 0.00435. The van der Waals surface area contributed by atoms with Gasteiger partial charge in [0.15, 0.2) is 6.29 Å². The number of phosphoric acid groups is 1. The molecule has 0 amide bonds. The highest BCUT2D eigenvalue weighted by atomic mass is 31.2. The Morgan fingerprint density at radius 2 is 0.620 bits per heavy atom. The molecule has 0 bridgehead atoms. The molecule has 1 heterocycles. The highest BCUT2D eigenvalue weighted by molar-refractivity contribution is 7.47. The van der Waals surface area contributed by atoms with Crippen molar-refractivity contribution in [1.29, 1.82) is 0 Å². The summed E-state index contributed by atoms with van der Waals surface area (Å²) in [6.45, 7) is 28.4. The highest BCUT2D eigenvalue weighted by Gasteiger charge is 2.46. The third kappa shape index (κ3) is 36.6. The topological polar surface area (TPSA) is 146 Å². The van der Waals surface area contributed by atoms with Crippen LogP contribution in [0.1, 0.15) is 282 Å². The second-order valence-electron chi connectivity index (χ2n) is 25.6. The molecule has 1 aliphatic heterocycles. The van der Waals surface area contributed by atoms with Crippen LogP contribution in [0.4, 0.5) is 0 Å². The summed E-state index contributed by atoms with van der Waals surface area (Å²) in [5.41, 5.74) is 0.